The van der Waals surface area contributed by atoms with Gasteiger partial charge in [-0.05, 0) is 37.6 Å². The van der Waals surface area contributed by atoms with E-state index in [0.717, 1.165) is 5.56 Å². The molecular formula is C16H15F2NO2S. The smallest absolute Gasteiger partial charge is 0.340 e. The summed E-state index contributed by atoms with van der Waals surface area (Å²) >= 11 is 4.13. The number of rotatable bonds is 3. The molecule has 0 spiro atoms. The lowest BCUT2D eigenvalue weighted by atomic mass is 10.1. The van der Waals surface area contributed by atoms with Crippen LogP contribution in [0.15, 0.2) is 29.2 Å². The number of nitrogens with one attached hydrogen (secondary N) is 1. The topological polar surface area (TPSA) is 38.3 Å². The molecule has 116 valence electrons. The number of esters is 1. The Bertz CT molecular complexity index is 747. The van der Waals surface area contributed by atoms with E-state index in [1.807, 2.05) is 0 Å². The Morgan fingerprint density at radius 2 is 1.91 bits per heavy atom. The van der Waals surface area contributed by atoms with Crippen molar-refractivity contribution < 1.29 is 18.3 Å². The van der Waals surface area contributed by atoms with E-state index in [1.54, 1.807) is 13.0 Å². The molecule has 0 aliphatic carbocycles. The Morgan fingerprint density at radius 3 is 2.50 bits per heavy atom. The van der Waals surface area contributed by atoms with Gasteiger partial charge in [0.1, 0.15) is 5.82 Å². The van der Waals surface area contributed by atoms with Crippen LogP contribution in [0.2, 0.25) is 0 Å². The monoisotopic (exact) mass is 323 g/mol. The summed E-state index contributed by atoms with van der Waals surface area (Å²) in [5, 5.41) is 2.63. The SMILES string of the molecule is COC(=O)c1cc(S)c(C)c(F)c1Nc1ccc(C)cc1F. The molecule has 0 fully saturated rings. The van der Waals surface area contributed by atoms with Gasteiger partial charge in [0.2, 0.25) is 0 Å². The average molecular weight is 323 g/mol. The normalized spacial score (nSPS) is 10.5. The Labute approximate surface area is 132 Å². The number of benzene rings is 2. The van der Waals surface area contributed by atoms with Crippen LogP contribution >= 0.6 is 12.6 Å². The van der Waals surface area contributed by atoms with E-state index in [1.165, 1.54) is 32.2 Å². The van der Waals surface area contributed by atoms with Gasteiger partial charge in [-0.25, -0.2) is 13.6 Å². The summed E-state index contributed by atoms with van der Waals surface area (Å²) in [4.78, 5) is 12.1. The maximum atomic E-state index is 14.5. The van der Waals surface area contributed by atoms with Crippen molar-refractivity contribution in [1.82, 2.24) is 0 Å². The highest BCUT2D eigenvalue weighted by molar-refractivity contribution is 7.80. The molecular weight excluding hydrogens is 308 g/mol. The van der Waals surface area contributed by atoms with Crippen LogP contribution in [0.25, 0.3) is 0 Å². The van der Waals surface area contributed by atoms with E-state index in [4.69, 9.17) is 0 Å². The molecule has 0 atom stereocenters. The fourth-order valence-corrected chi connectivity index (χ4v) is 2.21. The van der Waals surface area contributed by atoms with E-state index >= 15 is 0 Å². The Morgan fingerprint density at radius 1 is 1.23 bits per heavy atom. The molecule has 6 heteroatoms. The molecule has 0 aliphatic rings. The molecule has 0 amide bonds. The molecule has 0 heterocycles. The molecule has 2 aromatic carbocycles. The van der Waals surface area contributed by atoms with Crippen LogP contribution in [-0.4, -0.2) is 13.1 Å². The van der Waals surface area contributed by atoms with Crippen molar-refractivity contribution in [2.75, 3.05) is 12.4 Å². The van der Waals surface area contributed by atoms with Crippen LogP contribution in [0.1, 0.15) is 21.5 Å². The first-order chi connectivity index (χ1) is 10.3. The van der Waals surface area contributed by atoms with Gasteiger partial charge < -0.3 is 10.1 Å². The molecule has 2 rings (SSSR count). The van der Waals surface area contributed by atoms with Crippen LogP contribution in [-0.2, 0) is 4.74 Å². The summed E-state index contributed by atoms with van der Waals surface area (Å²) in [5.41, 5.74) is 0.881. The lowest BCUT2D eigenvalue weighted by Gasteiger charge is -2.15. The molecule has 0 bridgehead atoms. The molecule has 1 N–H and O–H groups in total. The van der Waals surface area contributed by atoms with Gasteiger partial charge in [-0.15, -0.1) is 12.6 Å². The highest BCUT2D eigenvalue weighted by Gasteiger charge is 2.21. The molecule has 0 saturated carbocycles. The first-order valence-electron chi connectivity index (χ1n) is 6.48. The Hall–Kier alpha value is -2.08. The molecule has 22 heavy (non-hydrogen) atoms. The second-order valence-corrected chi connectivity index (χ2v) is 5.34. The van der Waals surface area contributed by atoms with Crippen LogP contribution in [0.5, 0.6) is 0 Å². The van der Waals surface area contributed by atoms with Gasteiger partial charge in [-0.2, -0.15) is 0 Å². The maximum Gasteiger partial charge on any atom is 0.340 e. The highest BCUT2D eigenvalue weighted by atomic mass is 32.1. The number of ether oxygens (including phenoxy) is 1. The summed E-state index contributed by atoms with van der Waals surface area (Å²) in [6.45, 7) is 3.27. The summed E-state index contributed by atoms with van der Waals surface area (Å²) in [7, 11) is 1.19. The van der Waals surface area contributed by atoms with Crippen molar-refractivity contribution >= 4 is 30.0 Å². The van der Waals surface area contributed by atoms with Crippen molar-refractivity contribution in [1.29, 1.82) is 0 Å². The van der Waals surface area contributed by atoms with Crippen molar-refractivity contribution in [3.05, 3.63) is 52.6 Å². The molecule has 2 aromatic rings. The maximum absolute atomic E-state index is 14.5. The number of carbonyl (C=O) groups is 1. The van der Waals surface area contributed by atoms with Gasteiger partial charge >= 0.3 is 5.97 Å². The van der Waals surface area contributed by atoms with E-state index < -0.39 is 17.6 Å². The van der Waals surface area contributed by atoms with Gasteiger partial charge in [-0.1, -0.05) is 6.07 Å². The van der Waals surface area contributed by atoms with E-state index in [-0.39, 0.29) is 22.5 Å². The van der Waals surface area contributed by atoms with Gasteiger partial charge in [0, 0.05) is 10.5 Å². The fourth-order valence-electron chi connectivity index (χ4n) is 1.98. The van der Waals surface area contributed by atoms with Crippen LogP contribution in [0, 0.1) is 25.5 Å². The number of halogens is 2. The number of hydrogen-bond donors (Lipinski definition) is 2. The molecule has 0 aliphatic heterocycles. The Kier molecular flexibility index (Phi) is 4.71. The minimum absolute atomic E-state index is 0.0458. The van der Waals surface area contributed by atoms with Crippen molar-refractivity contribution in [2.45, 2.75) is 18.7 Å². The van der Waals surface area contributed by atoms with Gasteiger partial charge in [0.25, 0.3) is 0 Å². The number of anilines is 2. The second-order valence-electron chi connectivity index (χ2n) is 4.86. The Balaban J connectivity index is 2.58. The number of carbonyl (C=O) groups excluding carboxylic acids is 1. The van der Waals surface area contributed by atoms with Gasteiger partial charge in [0.15, 0.2) is 5.82 Å². The highest BCUT2D eigenvalue weighted by Crippen LogP contribution is 2.32. The number of aryl methyl sites for hydroxylation is 1. The summed E-state index contributed by atoms with van der Waals surface area (Å²) < 4.78 is 33.1. The minimum atomic E-state index is -0.732. The minimum Gasteiger partial charge on any atom is -0.465 e. The fraction of sp³-hybridized carbons (Fsp3) is 0.188. The van der Waals surface area contributed by atoms with Gasteiger partial charge in [-0.3, -0.25) is 0 Å². The van der Waals surface area contributed by atoms with E-state index in [9.17, 15) is 13.6 Å². The predicted molar refractivity (Wildman–Crippen MR) is 84.1 cm³/mol. The molecule has 0 unspecified atom stereocenters. The van der Waals surface area contributed by atoms with Crippen LogP contribution in [0.4, 0.5) is 20.2 Å². The van der Waals surface area contributed by atoms with Crippen LogP contribution < -0.4 is 5.32 Å². The number of thiol groups is 1. The summed E-state index contributed by atoms with van der Waals surface area (Å²) in [5.74, 6) is -1.94. The molecule has 0 saturated heterocycles. The zero-order valence-corrected chi connectivity index (χ0v) is 13.2. The zero-order valence-electron chi connectivity index (χ0n) is 12.3. The molecule has 0 aromatic heterocycles. The first-order valence-corrected chi connectivity index (χ1v) is 6.93. The third-order valence-electron chi connectivity index (χ3n) is 3.27. The quantitative estimate of drug-likeness (QED) is 0.649. The average Bonchev–Trinajstić information content (AvgIpc) is 2.49. The first kappa shape index (κ1) is 16.3. The molecule has 3 nitrogen and oxygen atoms in total. The van der Waals surface area contributed by atoms with Crippen molar-refractivity contribution in [3.8, 4) is 0 Å². The van der Waals surface area contributed by atoms with E-state index in [0.29, 0.717) is 4.90 Å². The largest absolute Gasteiger partial charge is 0.465 e. The summed E-state index contributed by atoms with van der Waals surface area (Å²) in [6, 6.07) is 5.87. The third kappa shape index (κ3) is 3.06. The zero-order chi connectivity index (χ0) is 16.4. The number of hydrogen-bond acceptors (Lipinski definition) is 4. The molecule has 0 radical (unpaired) electrons. The van der Waals surface area contributed by atoms with Crippen LogP contribution in [0.3, 0.4) is 0 Å². The van der Waals surface area contributed by atoms with Crippen molar-refractivity contribution in [2.24, 2.45) is 0 Å². The lowest BCUT2D eigenvalue weighted by Crippen LogP contribution is -2.10. The predicted octanol–water partition coefficient (Wildman–Crippen LogP) is 4.40. The summed E-state index contributed by atoms with van der Waals surface area (Å²) in [6.07, 6.45) is 0. The third-order valence-corrected chi connectivity index (χ3v) is 3.74. The standard InChI is InChI=1S/C16H15F2NO2S/c1-8-4-5-12(11(17)6-8)19-15-10(16(20)21-3)7-13(22)9(2)14(15)18/h4-7,19,22H,1-3H3. The number of methoxy groups -OCH3 is 1. The van der Waals surface area contributed by atoms with E-state index in [2.05, 4.69) is 22.7 Å². The van der Waals surface area contributed by atoms with Gasteiger partial charge in [0.05, 0.1) is 24.0 Å². The lowest BCUT2D eigenvalue weighted by molar-refractivity contribution is 0.0601. The van der Waals surface area contributed by atoms with Crippen molar-refractivity contribution in [3.63, 3.8) is 0 Å². The second kappa shape index (κ2) is 6.36.